The van der Waals surface area contributed by atoms with Gasteiger partial charge in [0.05, 0.1) is 0 Å². The minimum atomic E-state index is -0.930. The number of nitrogens with one attached hydrogen (secondary N) is 1. The number of carboxylic acid groups (broad SMARTS) is 1. The number of carbonyl (C=O) groups is 2. The van der Waals surface area contributed by atoms with Crippen molar-refractivity contribution in [1.82, 2.24) is 5.32 Å². The van der Waals surface area contributed by atoms with Gasteiger partial charge >= 0.3 is 5.97 Å². The number of hydrogen-bond acceptors (Lipinski definition) is 2. The van der Waals surface area contributed by atoms with Gasteiger partial charge in [0, 0.05) is 6.42 Å². The van der Waals surface area contributed by atoms with Crippen LogP contribution >= 0.6 is 0 Å². The van der Waals surface area contributed by atoms with Crippen molar-refractivity contribution in [1.29, 1.82) is 0 Å². The summed E-state index contributed by atoms with van der Waals surface area (Å²) in [5.74, 6) is -1.09. The molecule has 2 atom stereocenters. The van der Waals surface area contributed by atoms with Gasteiger partial charge in [0.15, 0.2) is 0 Å². The molecule has 4 nitrogen and oxygen atoms in total. The van der Waals surface area contributed by atoms with E-state index in [1.807, 2.05) is 13.8 Å². The normalized spacial score (nSPS) is 13.1. The topological polar surface area (TPSA) is 66.4 Å². The molecule has 0 heterocycles. The molecule has 0 saturated heterocycles. The Balaban J connectivity index is 3.34. The predicted molar refractivity (Wildman–Crippen MR) is 137 cm³/mol. The zero-order chi connectivity index (χ0) is 23.9. The van der Waals surface area contributed by atoms with Crippen LogP contribution in [0.3, 0.4) is 0 Å². The number of amides is 1. The molecule has 1 amide bonds. The summed E-state index contributed by atoms with van der Waals surface area (Å²) in [6, 6.07) is -0.757. The van der Waals surface area contributed by atoms with Crippen molar-refractivity contribution in [3.8, 4) is 0 Å². The van der Waals surface area contributed by atoms with E-state index in [4.69, 9.17) is 0 Å². The number of unbranched alkanes of at least 4 members (excludes halogenated alkanes) is 18. The molecule has 0 aromatic carbocycles. The maximum atomic E-state index is 12.0. The predicted octanol–water partition coefficient (Wildman–Crippen LogP) is 8.42. The summed E-state index contributed by atoms with van der Waals surface area (Å²) in [6.07, 6.45) is 26.6. The Labute approximate surface area is 199 Å². The summed E-state index contributed by atoms with van der Waals surface area (Å²) >= 11 is 0. The van der Waals surface area contributed by atoms with E-state index in [2.05, 4.69) is 12.2 Å². The lowest BCUT2D eigenvalue weighted by molar-refractivity contribution is -0.143. The molecule has 0 aliphatic carbocycles. The van der Waals surface area contributed by atoms with E-state index in [1.54, 1.807) is 0 Å². The molecular weight excluding hydrogens is 398 g/mol. The fourth-order valence-electron chi connectivity index (χ4n) is 4.29. The molecule has 0 fully saturated rings. The Hall–Kier alpha value is -1.06. The van der Waals surface area contributed by atoms with Crippen molar-refractivity contribution < 1.29 is 14.7 Å². The third-order valence-electron chi connectivity index (χ3n) is 6.80. The third-order valence-corrected chi connectivity index (χ3v) is 6.80. The quantitative estimate of drug-likeness (QED) is 0.144. The van der Waals surface area contributed by atoms with Crippen LogP contribution in [0.1, 0.15) is 156 Å². The molecule has 0 saturated carbocycles. The van der Waals surface area contributed by atoms with E-state index in [9.17, 15) is 14.7 Å². The van der Waals surface area contributed by atoms with Crippen molar-refractivity contribution in [2.75, 3.05) is 0 Å². The van der Waals surface area contributed by atoms with Gasteiger partial charge in [0.2, 0.25) is 5.91 Å². The molecule has 0 aliphatic heterocycles. The van der Waals surface area contributed by atoms with Gasteiger partial charge in [-0.05, 0) is 12.3 Å². The molecule has 0 spiro atoms. The highest BCUT2D eigenvalue weighted by molar-refractivity contribution is 5.83. The van der Waals surface area contributed by atoms with Crippen LogP contribution in [0.4, 0.5) is 0 Å². The van der Waals surface area contributed by atoms with Gasteiger partial charge < -0.3 is 10.4 Å². The number of carbonyl (C=O) groups excluding carboxylic acids is 1. The molecule has 0 aromatic heterocycles. The number of hydrogen-bond donors (Lipinski definition) is 2. The van der Waals surface area contributed by atoms with Crippen molar-refractivity contribution in [3.05, 3.63) is 0 Å². The van der Waals surface area contributed by atoms with Crippen LogP contribution in [-0.2, 0) is 9.59 Å². The van der Waals surface area contributed by atoms with E-state index in [1.165, 1.54) is 109 Å². The molecule has 0 radical (unpaired) electrons. The highest BCUT2D eigenvalue weighted by Gasteiger charge is 2.24. The second-order valence-corrected chi connectivity index (χ2v) is 9.88. The van der Waals surface area contributed by atoms with Crippen molar-refractivity contribution >= 4 is 11.9 Å². The minimum absolute atomic E-state index is 0.0402. The summed E-state index contributed by atoms with van der Waals surface area (Å²) in [6.45, 7) is 6.10. The van der Waals surface area contributed by atoms with Gasteiger partial charge in [-0.15, -0.1) is 0 Å². The van der Waals surface area contributed by atoms with Gasteiger partial charge in [-0.2, -0.15) is 0 Å². The zero-order valence-electron chi connectivity index (χ0n) is 21.8. The van der Waals surface area contributed by atoms with Crippen molar-refractivity contribution in [2.24, 2.45) is 5.92 Å². The maximum Gasteiger partial charge on any atom is 0.326 e. The van der Waals surface area contributed by atoms with E-state index < -0.39 is 12.0 Å². The Morgan fingerprint density at radius 1 is 0.625 bits per heavy atom. The average Bonchev–Trinajstić information content (AvgIpc) is 2.78. The van der Waals surface area contributed by atoms with E-state index in [0.717, 1.165) is 19.3 Å². The Morgan fingerprint density at radius 3 is 1.28 bits per heavy atom. The van der Waals surface area contributed by atoms with Gasteiger partial charge in [-0.3, -0.25) is 4.79 Å². The molecule has 2 N–H and O–H groups in total. The Kier molecular flexibility index (Phi) is 22.3. The average molecular weight is 454 g/mol. The monoisotopic (exact) mass is 453 g/mol. The van der Waals surface area contributed by atoms with Gasteiger partial charge in [0.1, 0.15) is 6.04 Å². The highest BCUT2D eigenvalue weighted by Crippen LogP contribution is 2.15. The first-order valence-corrected chi connectivity index (χ1v) is 14.0. The smallest absolute Gasteiger partial charge is 0.326 e. The number of aliphatic carboxylic acids is 1. The number of carboxylic acids is 1. The molecular formula is C28H55NO3. The Morgan fingerprint density at radius 2 is 0.969 bits per heavy atom. The lowest BCUT2D eigenvalue weighted by atomic mass is 9.99. The summed E-state index contributed by atoms with van der Waals surface area (Å²) in [5.41, 5.74) is 0. The molecule has 0 aromatic rings. The van der Waals surface area contributed by atoms with Crippen LogP contribution < -0.4 is 5.32 Å². The molecule has 32 heavy (non-hydrogen) atoms. The summed E-state index contributed by atoms with van der Waals surface area (Å²) < 4.78 is 0. The first-order chi connectivity index (χ1) is 15.5. The van der Waals surface area contributed by atoms with Crippen molar-refractivity contribution in [2.45, 2.75) is 162 Å². The number of rotatable bonds is 24. The van der Waals surface area contributed by atoms with Gasteiger partial charge in [-0.1, -0.05) is 143 Å². The third kappa shape index (κ3) is 19.6. The van der Waals surface area contributed by atoms with Gasteiger partial charge in [-0.25, -0.2) is 4.79 Å². The van der Waals surface area contributed by atoms with E-state index in [-0.39, 0.29) is 11.8 Å². The fraction of sp³-hybridized carbons (Fsp3) is 0.929. The maximum absolute atomic E-state index is 12.0. The summed E-state index contributed by atoms with van der Waals surface area (Å²) in [4.78, 5) is 23.3. The molecule has 0 bridgehead atoms. The van der Waals surface area contributed by atoms with Crippen LogP contribution in [0, 0.1) is 5.92 Å². The van der Waals surface area contributed by atoms with Crippen LogP contribution in [-0.4, -0.2) is 23.0 Å². The summed E-state index contributed by atoms with van der Waals surface area (Å²) in [7, 11) is 0. The Bertz CT molecular complexity index is 438. The first-order valence-electron chi connectivity index (χ1n) is 14.0. The van der Waals surface area contributed by atoms with Gasteiger partial charge in [0.25, 0.3) is 0 Å². The summed E-state index contributed by atoms with van der Waals surface area (Å²) in [5, 5.41) is 11.9. The van der Waals surface area contributed by atoms with Crippen LogP contribution in [0.15, 0.2) is 0 Å². The lowest BCUT2D eigenvalue weighted by Crippen LogP contribution is -2.44. The minimum Gasteiger partial charge on any atom is -0.480 e. The van der Waals surface area contributed by atoms with E-state index >= 15 is 0 Å². The highest BCUT2D eigenvalue weighted by atomic mass is 16.4. The van der Waals surface area contributed by atoms with Crippen LogP contribution in [0.25, 0.3) is 0 Å². The van der Waals surface area contributed by atoms with Crippen LogP contribution in [0.2, 0.25) is 0 Å². The molecule has 190 valence electrons. The SMILES string of the molecule is CCCCCCCCCCCCCCCCCCCCCC(=O)N[C@H](C(=O)O)C(C)CC. The fourth-order valence-corrected chi connectivity index (χ4v) is 4.29. The molecule has 0 aliphatic rings. The second-order valence-electron chi connectivity index (χ2n) is 9.88. The molecule has 0 rings (SSSR count). The van der Waals surface area contributed by atoms with E-state index in [0.29, 0.717) is 6.42 Å². The van der Waals surface area contributed by atoms with Crippen LogP contribution in [0.5, 0.6) is 0 Å². The first kappa shape index (κ1) is 30.9. The lowest BCUT2D eigenvalue weighted by Gasteiger charge is -2.20. The van der Waals surface area contributed by atoms with Crippen molar-refractivity contribution in [3.63, 3.8) is 0 Å². The largest absolute Gasteiger partial charge is 0.480 e. The standard InChI is InChI=1S/C28H55NO3/c1-4-6-7-8-9-10-11-12-13-14-15-16-17-18-19-20-21-22-23-24-26(30)29-27(28(31)32)25(3)5-2/h25,27H,4-24H2,1-3H3,(H,29,30)(H,31,32)/t25?,27-/m0/s1. The second kappa shape index (κ2) is 23.1. The zero-order valence-corrected chi connectivity index (χ0v) is 21.8. The molecule has 4 heteroatoms. The molecule has 1 unspecified atom stereocenters.